The summed E-state index contributed by atoms with van der Waals surface area (Å²) < 4.78 is 5.92. The van der Waals surface area contributed by atoms with Crippen molar-refractivity contribution in [1.82, 2.24) is 15.6 Å². The molecule has 0 radical (unpaired) electrons. The summed E-state index contributed by atoms with van der Waals surface area (Å²) in [6.45, 7) is 5.63. The van der Waals surface area contributed by atoms with E-state index in [1.54, 1.807) is 6.07 Å². The molecule has 0 aliphatic rings. The number of amides is 2. The Bertz CT molecular complexity index is 708. The van der Waals surface area contributed by atoms with E-state index in [-0.39, 0.29) is 35.3 Å². The summed E-state index contributed by atoms with van der Waals surface area (Å²) in [7, 11) is 1.53. The molecule has 2 aromatic rings. The Kier molecular flexibility index (Phi) is 5.63. The summed E-state index contributed by atoms with van der Waals surface area (Å²) in [5.41, 5.74) is 1.50. The third-order valence-electron chi connectivity index (χ3n) is 3.47. The summed E-state index contributed by atoms with van der Waals surface area (Å²) in [5, 5.41) is 5.33. The van der Waals surface area contributed by atoms with Gasteiger partial charge >= 0.3 is 0 Å². The average Bonchev–Trinajstić information content (AvgIpc) is 2.98. The van der Waals surface area contributed by atoms with Crippen LogP contribution in [0.3, 0.4) is 0 Å². The normalized spacial score (nSPS) is 11.9. The van der Waals surface area contributed by atoms with Gasteiger partial charge in [-0.15, -0.1) is 0 Å². The molecule has 0 saturated heterocycles. The van der Waals surface area contributed by atoms with Gasteiger partial charge in [-0.05, 0) is 26.3 Å². The monoisotopic (exact) mass is 329 g/mol. The lowest BCUT2D eigenvalue weighted by Gasteiger charge is -2.14. The highest BCUT2D eigenvalue weighted by atomic mass is 16.5. The number of aromatic nitrogens is 1. The van der Waals surface area contributed by atoms with Crippen LogP contribution in [0.25, 0.3) is 0 Å². The quantitative estimate of drug-likeness (QED) is 0.762. The number of nitrogens with one attached hydrogen (secondary N) is 3. The van der Waals surface area contributed by atoms with Gasteiger partial charge in [-0.3, -0.25) is 9.59 Å². The molecule has 2 rings (SSSR count). The molecule has 1 aromatic carbocycles. The summed E-state index contributed by atoms with van der Waals surface area (Å²) in [4.78, 5) is 27.1. The summed E-state index contributed by atoms with van der Waals surface area (Å²) in [6, 6.07) is 11.2. The molecule has 0 saturated carbocycles. The molecule has 0 bridgehead atoms. The summed E-state index contributed by atoms with van der Waals surface area (Å²) in [6.07, 6.45) is -0.258. The maximum absolute atomic E-state index is 12.2. The van der Waals surface area contributed by atoms with E-state index in [9.17, 15) is 9.59 Å². The smallest absolute Gasteiger partial charge is 0.271 e. The number of ether oxygens (including phenoxy) is 1. The van der Waals surface area contributed by atoms with E-state index in [1.165, 1.54) is 7.05 Å². The molecule has 3 N–H and O–H groups in total. The predicted octanol–water partition coefficient (Wildman–Crippen LogP) is 2.65. The van der Waals surface area contributed by atoms with E-state index in [0.717, 1.165) is 5.56 Å². The van der Waals surface area contributed by atoms with Crippen LogP contribution in [0.15, 0.2) is 36.4 Å². The van der Waals surface area contributed by atoms with Crippen LogP contribution in [0.2, 0.25) is 0 Å². The Hall–Kier alpha value is -2.76. The summed E-state index contributed by atoms with van der Waals surface area (Å²) >= 11 is 0. The van der Waals surface area contributed by atoms with E-state index in [4.69, 9.17) is 4.74 Å². The van der Waals surface area contributed by atoms with Gasteiger partial charge in [0.1, 0.15) is 17.5 Å². The minimum atomic E-state index is -0.339. The molecule has 0 spiro atoms. The standard InChI is InChI=1S/C18H23N3O3/c1-11(2)20-17(22)14-10-15(16(21-14)18(23)19-4)24-12(3)13-8-6-5-7-9-13/h5-12,21H,1-4H3,(H,19,23)(H,20,22)/t12-/m0/s1. The maximum atomic E-state index is 12.2. The van der Waals surface area contributed by atoms with Gasteiger partial charge in [-0.25, -0.2) is 0 Å². The molecule has 1 heterocycles. The molecule has 128 valence electrons. The molecule has 0 aliphatic carbocycles. The van der Waals surface area contributed by atoms with E-state index >= 15 is 0 Å². The third-order valence-corrected chi connectivity index (χ3v) is 3.47. The minimum absolute atomic E-state index is 0.00291. The molecule has 2 amide bonds. The second-order valence-electron chi connectivity index (χ2n) is 5.80. The van der Waals surface area contributed by atoms with Crippen LogP contribution < -0.4 is 15.4 Å². The van der Waals surface area contributed by atoms with Gasteiger partial charge in [0.25, 0.3) is 11.8 Å². The first-order valence-corrected chi connectivity index (χ1v) is 7.90. The summed E-state index contributed by atoms with van der Waals surface area (Å²) in [5.74, 6) is -0.272. The average molecular weight is 329 g/mol. The highest BCUT2D eigenvalue weighted by Crippen LogP contribution is 2.26. The van der Waals surface area contributed by atoms with Crippen molar-refractivity contribution in [2.45, 2.75) is 32.9 Å². The number of hydrogen-bond acceptors (Lipinski definition) is 3. The van der Waals surface area contributed by atoms with Gasteiger partial charge in [0.05, 0.1) is 0 Å². The van der Waals surface area contributed by atoms with Crippen LogP contribution in [0.1, 0.15) is 53.4 Å². The van der Waals surface area contributed by atoms with E-state index in [1.807, 2.05) is 51.1 Å². The molecular formula is C18H23N3O3. The fourth-order valence-electron chi connectivity index (χ4n) is 2.27. The highest BCUT2D eigenvalue weighted by Gasteiger charge is 2.21. The van der Waals surface area contributed by atoms with Crippen molar-refractivity contribution in [2.75, 3.05) is 7.05 Å². The number of hydrogen-bond donors (Lipinski definition) is 3. The van der Waals surface area contributed by atoms with Crippen molar-refractivity contribution in [3.63, 3.8) is 0 Å². The van der Waals surface area contributed by atoms with Crippen molar-refractivity contribution < 1.29 is 14.3 Å². The van der Waals surface area contributed by atoms with Crippen molar-refractivity contribution >= 4 is 11.8 Å². The Balaban J connectivity index is 2.28. The molecule has 6 heteroatoms. The lowest BCUT2D eigenvalue weighted by Crippen LogP contribution is -2.30. The van der Waals surface area contributed by atoms with Crippen LogP contribution in [-0.2, 0) is 0 Å². The Morgan fingerprint density at radius 2 is 1.75 bits per heavy atom. The Labute approximate surface area is 141 Å². The number of carbonyl (C=O) groups is 2. The zero-order chi connectivity index (χ0) is 17.7. The molecule has 0 aliphatic heterocycles. The van der Waals surface area contributed by atoms with Crippen LogP contribution in [0.5, 0.6) is 5.75 Å². The lowest BCUT2D eigenvalue weighted by atomic mass is 10.1. The van der Waals surface area contributed by atoms with Gasteiger partial charge < -0.3 is 20.4 Å². The highest BCUT2D eigenvalue weighted by molar-refractivity contribution is 5.99. The second-order valence-corrected chi connectivity index (χ2v) is 5.80. The van der Waals surface area contributed by atoms with E-state index < -0.39 is 0 Å². The number of carbonyl (C=O) groups excluding carboxylic acids is 2. The molecule has 1 aromatic heterocycles. The Morgan fingerprint density at radius 1 is 1.08 bits per heavy atom. The first-order chi connectivity index (χ1) is 11.4. The zero-order valence-electron chi connectivity index (χ0n) is 14.3. The lowest BCUT2D eigenvalue weighted by molar-refractivity contribution is 0.0938. The molecule has 6 nitrogen and oxygen atoms in total. The number of aromatic amines is 1. The van der Waals surface area contributed by atoms with Crippen LogP contribution in [0, 0.1) is 0 Å². The van der Waals surface area contributed by atoms with Gasteiger partial charge in [-0.2, -0.15) is 0 Å². The van der Waals surface area contributed by atoms with E-state index in [2.05, 4.69) is 15.6 Å². The maximum Gasteiger partial charge on any atom is 0.271 e. The van der Waals surface area contributed by atoms with Crippen LogP contribution in [-0.4, -0.2) is 29.9 Å². The fourth-order valence-corrected chi connectivity index (χ4v) is 2.27. The second kappa shape index (κ2) is 7.68. The fraction of sp³-hybridized carbons (Fsp3) is 0.333. The third kappa shape index (κ3) is 4.16. The van der Waals surface area contributed by atoms with Gasteiger partial charge in [0, 0.05) is 19.2 Å². The number of H-pyrrole nitrogens is 1. The molecule has 1 atom stereocenters. The first-order valence-electron chi connectivity index (χ1n) is 7.90. The van der Waals surface area contributed by atoms with Gasteiger partial charge in [0.15, 0.2) is 5.75 Å². The largest absolute Gasteiger partial charge is 0.484 e. The minimum Gasteiger partial charge on any atom is -0.484 e. The van der Waals surface area contributed by atoms with Crippen LogP contribution >= 0.6 is 0 Å². The first kappa shape index (κ1) is 17.6. The van der Waals surface area contributed by atoms with Crippen LogP contribution in [0.4, 0.5) is 0 Å². The predicted molar refractivity (Wildman–Crippen MR) is 92.3 cm³/mol. The number of benzene rings is 1. The van der Waals surface area contributed by atoms with Gasteiger partial charge in [0.2, 0.25) is 0 Å². The van der Waals surface area contributed by atoms with Crippen molar-refractivity contribution in [2.24, 2.45) is 0 Å². The van der Waals surface area contributed by atoms with Crippen molar-refractivity contribution in [3.8, 4) is 5.75 Å². The van der Waals surface area contributed by atoms with E-state index in [0.29, 0.717) is 5.75 Å². The zero-order valence-corrected chi connectivity index (χ0v) is 14.3. The molecule has 0 fully saturated rings. The SMILES string of the molecule is CNC(=O)c1[nH]c(C(=O)NC(C)C)cc1O[C@@H](C)c1ccccc1. The number of rotatable bonds is 6. The molecule has 24 heavy (non-hydrogen) atoms. The van der Waals surface area contributed by atoms with Crippen molar-refractivity contribution in [1.29, 1.82) is 0 Å². The molecule has 0 unspecified atom stereocenters. The Morgan fingerprint density at radius 3 is 2.33 bits per heavy atom. The van der Waals surface area contributed by atoms with Gasteiger partial charge in [-0.1, -0.05) is 30.3 Å². The molecular weight excluding hydrogens is 306 g/mol. The van der Waals surface area contributed by atoms with Crippen molar-refractivity contribution in [3.05, 3.63) is 53.3 Å². The topological polar surface area (TPSA) is 83.2 Å².